The molecule has 5 nitrogen and oxygen atoms in total. The number of urea groups is 1. The van der Waals surface area contributed by atoms with Gasteiger partial charge in [0.05, 0.1) is 7.11 Å². The number of ether oxygens (including phenoxy) is 1. The number of amides is 2. The van der Waals surface area contributed by atoms with Crippen molar-refractivity contribution in [1.29, 1.82) is 0 Å². The largest absolute Gasteiger partial charge is 0.497 e. The Morgan fingerprint density at radius 1 is 1.15 bits per heavy atom. The van der Waals surface area contributed by atoms with Gasteiger partial charge in [-0.2, -0.15) is 11.3 Å². The van der Waals surface area contributed by atoms with E-state index in [4.69, 9.17) is 4.74 Å². The molecular formula is C20H29N3O2S. The van der Waals surface area contributed by atoms with Crippen molar-refractivity contribution in [2.75, 3.05) is 27.7 Å². The highest BCUT2D eigenvalue weighted by molar-refractivity contribution is 7.07. The van der Waals surface area contributed by atoms with Crippen LogP contribution in [0, 0.1) is 0 Å². The van der Waals surface area contributed by atoms with E-state index >= 15 is 0 Å². The second-order valence-electron chi connectivity index (χ2n) is 6.76. The standard InChI is InChI=1S/C20H29N3O2S/c1-15(11-17-9-10-26-14-17)22-20(24)21-13-18(23(2)3)12-16-5-7-19(25-4)8-6-16/h5-10,14-15,18H,11-13H2,1-4H3,(H2,21,22,24). The summed E-state index contributed by atoms with van der Waals surface area (Å²) in [4.78, 5) is 14.3. The second-order valence-corrected chi connectivity index (χ2v) is 7.54. The fraction of sp³-hybridized carbons (Fsp3) is 0.450. The molecule has 0 aliphatic rings. The van der Waals surface area contributed by atoms with Crippen LogP contribution in [0.3, 0.4) is 0 Å². The van der Waals surface area contributed by atoms with Crippen LogP contribution >= 0.6 is 11.3 Å². The number of rotatable bonds is 9. The quantitative estimate of drug-likeness (QED) is 0.708. The van der Waals surface area contributed by atoms with Gasteiger partial charge in [0.15, 0.2) is 0 Å². The molecule has 2 rings (SSSR count). The summed E-state index contributed by atoms with van der Waals surface area (Å²) in [7, 11) is 5.74. The van der Waals surface area contributed by atoms with Crippen LogP contribution in [-0.4, -0.2) is 50.8 Å². The van der Waals surface area contributed by atoms with Gasteiger partial charge in [-0.25, -0.2) is 4.79 Å². The van der Waals surface area contributed by atoms with Gasteiger partial charge in [0.2, 0.25) is 0 Å². The maximum Gasteiger partial charge on any atom is 0.315 e. The normalized spacial score (nSPS) is 13.3. The molecule has 6 heteroatoms. The van der Waals surface area contributed by atoms with Crippen LogP contribution in [0.5, 0.6) is 5.75 Å². The van der Waals surface area contributed by atoms with Gasteiger partial charge in [-0.3, -0.25) is 0 Å². The lowest BCUT2D eigenvalue weighted by molar-refractivity contribution is 0.229. The predicted molar refractivity (Wildman–Crippen MR) is 108 cm³/mol. The molecule has 0 bridgehead atoms. The van der Waals surface area contributed by atoms with E-state index in [0.29, 0.717) is 6.54 Å². The maximum atomic E-state index is 12.2. The van der Waals surface area contributed by atoms with Crippen LogP contribution in [0.25, 0.3) is 0 Å². The summed E-state index contributed by atoms with van der Waals surface area (Å²) in [5, 5.41) is 10.2. The Balaban J connectivity index is 1.80. The molecule has 0 spiro atoms. The van der Waals surface area contributed by atoms with Crippen molar-refractivity contribution < 1.29 is 9.53 Å². The van der Waals surface area contributed by atoms with Crippen molar-refractivity contribution in [2.45, 2.75) is 31.8 Å². The highest BCUT2D eigenvalue weighted by atomic mass is 32.1. The van der Waals surface area contributed by atoms with Crippen molar-refractivity contribution in [2.24, 2.45) is 0 Å². The van der Waals surface area contributed by atoms with Crippen molar-refractivity contribution in [3.05, 3.63) is 52.2 Å². The number of methoxy groups -OCH3 is 1. The zero-order chi connectivity index (χ0) is 18.9. The summed E-state index contributed by atoms with van der Waals surface area (Å²) in [6.07, 6.45) is 1.71. The number of carbonyl (C=O) groups excluding carboxylic acids is 1. The Kier molecular flexibility index (Phi) is 7.94. The number of nitrogens with one attached hydrogen (secondary N) is 2. The molecule has 26 heavy (non-hydrogen) atoms. The van der Waals surface area contributed by atoms with Gasteiger partial charge in [-0.1, -0.05) is 12.1 Å². The van der Waals surface area contributed by atoms with E-state index in [-0.39, 0.29) is 18.1 Å². The van der Waals surface area contributed by atoms with Crippen LogP contribution in [0.15, 0.2) is 41.1 Å². The smallest absolute Gasteiger partial charge is 0.315 e. The molecule has 0 aliphatic carbocycles. The van der Waals surface area contributed by atoms with Crippen LogP contribution in [0.4, 0.5) is 4.79 Å². The molecular weight excluding hydrogens is 346 g/mol. The van der Waals surface area contributed by atoms with Gasteiger partial charge >= 0.3 is 6.03 Å². The molecule has 2 atom stereocenters. The lowest BCUT2D eigenvalue weighted by Gasteiger charge is -2.25. The molecule has 2 unspecified atom stereocenters. The molecule has 1 aromatic heterocycles. The Labute approximate surface area is 160 Å². The third-order valence-corrected chi connectivity index (χ3v) is 5.09. The average molecular weight is 376 g/mol. The zero-order valence-electron chi connectivity index (χ0n) is 16.0. The van der Waals surface area contributed by atoms with Gasteiger partial charge < -0.3 is 20.3 Å². The molecule has 0 radical (unpaired) electrons. The lowest BCUT2D eigenvalue weighted by Crippen LogP contribution is -2.47. The number of benzene rings is 1. The van der Waals surface area contributed by atoms with E-state index in [9.17, 15) is 4.79 Å². The molecule has 0 saturated carbocycles. The van der Waals surface area contributed by atoms with E-state index in [1.165, 1.54) is 11.1 Å². The molecule has 0 fully saturated rings. The summed E-state index contributed by atoms with van der Waals surface area (Å²) in [5.74, 6) is 0.854. The monoisotopic (exact) mass is 375 g/mol. The van der Waals surface area contributed by atoms with Crippen LogP contribution in [0.1, 0.15) is 18.1 Å². The summed E-state index contributed by atoms with van der Waals surface area (Å²) >= 11 is 1.68. The Hall–Kier alpha value is -2.05. The molecule has 142 valence electrons. The van der Waals surface area contributed by atoms with E-state index in [2.05, 4.69) is 44.5 Å². The maximum absolute atomic E-state index is 12.2. The third-order valence-electron chi connectivity index (χ3n) is 4.36. The molecule has 2 aromatic rings. The first kappa shape index (κ1) is 20.3. The van der Waals surface area contributed by atoms with Gasteiger partial charge in [0, 0.05) is 18.6 Å². The number of hydrogen-bond acceptors (Lipinski definition) is 4. The summed E-state index contributed by atoms with van der Waals surface area (Å²) < 4.78 is 5.20. The highest BCUT2D eigenvalue weighted by Crippen LogP contribution is 2.14. The zero-order valence-corrected chi connectivity index (χ0v) is 16.8. The summed E-state index contributed by atoms with van der Waals surface area (Å²) in [5.41, 5.74) is 2.48. The SMILES string of the molecule is COc1ccc(CC(CNC(=O)NC(C)Cc2ccsc2)N(C)C)cc1. The minimum absolute atomic E-state index is 0.101. The fourth-order valence-electron chi connectivity index (χ4n) is 2.77. The Morgan fingerprint density at radius 3 is 2.46 bits per heavy atom. The van der Waals surface area contributed by atoms with Crippen LogP contribution < -0.4 is 15.4 Å². The highest BCUT2D eigenvalue weighted by Gasteiger charge is 2.15. The number of nitrogens with zero attached hydrogens (tertiary/aromatic N) is 1. The first-order valence-corrected chi connectivity index (χ1v) is 9.77. The van der Waals surface area contributed by atoms with E-state index in [0.717, 1.165) is 18.6 Å². The van der Waals surface area contributed by atoms with Crippen molar-refractivity contribution in [3.8, 4) is 5.75 Å². The van der Waals surface area contributed by atoms with Crippen LogP contribution in [0.2, 0.25) is 0 Å². The minimum Gasteiger partial charge on any atom is -0.497 e. The number of thiophene rings is 1. The average Bonchev–Trinajstić information content (AvgIpc) is 3.11. The molecule has 2 amide bonds. The third kappa shape index (κ3) is 6.69. The molecule has 1 aromatic carbocycles. The van der Waals surface area contributed by atoms with Gasteiger partial charge in [0.1, 0.15) is 5.75 Å². The van der Waals surface area contributed by atoms with Gasteiger partial charge in [-0.15, -0.1) is 0 Å². The first-order valence-electron chi connectivity index (χ1n) is 8.82. The topological polar surface area (TPSA) is 53.6 Å². The van der Waals surface area contributed by atoms with Crippen molar-refractivity contribution in [3.63, 3.8) is 0 Å². The van der Waals surface area contributed by atoms with E-state index in [1.54, 1.807) is 18.4 Å². The van der Waals surface area contributed by atoms with Crippen LogP contribution in [-0.2, 0) is 12.8 Å². The second kappa shape index (κ2) is 10.2. The predicted octanol–water partition coefficient (Wildman–Crippen LogP) is 3.16. The lowest BCUT2D eigenvalue weighted by atomic mass is 10.0. The molecule has 0 saturated heterocycles. The first-order chi connectivity index (χ1) is 12.5. The molecule has 2 N–H and O–H groups in total. The summed E-state index contributed by atoms with van der Waals surface area (Å²) in [6.45, 7) is 2.62. The number of likely N-dealkylation sites (N-methyl/N-ethyl adjacent to an activating group) is 1. The molecule has 1 heterocycles. The number of hydrogen-bond donors (Lipinski definition) is 2. The number of carbonyl (C=O) groups is 1. The van der Waals surface area contributed by atoms with Crippen molar-refractivity contribution >= 4 is 17.4 Å². The van der Waals surface area contributed by atoms with E-state index < -0.39 is 0 Å². The van der Waals surface area contributed by atoms with Gasteiger partial charge in [-0.05, 0) is 73.9 Å². The fourth-order valence-corrected chi connectivity index (χ4v) is 3.45. The Morgan fingerprint density at radius 2 is 1.88 bits per heavy atom. The molecule has 0 aliphatic heterocycles. The summed E-state index contributed by atoms with van der Waals surface area (Å²) in [6, 6.07) is 10.4. The van der Waals surface area contributed by atoms with Gasteiger partial charge in [0.25, 0.3) is 0 Å². The van der Waals surface area contributed by atoms with E-state index in [1.807, 2.05) is 33.2 Å². The van der Waals surface area contributed by atoms with Crippen molar-refractivity contribution in [1.82, 2.24) is 15.5 Å². The Bertz CT molecular complexity index is 656. The minimum atomic E-state index is -0.116.